The molecule has 1 aromatic heterocycles. The van der Waals surface area contributed by atoms with Crippen molar-refractivity contribution in [2.75, 3.05) is 13.2 Å². The van der Waals surface area contributed by atoms with Gasteiger partial charge in [0.15, 0.2) is 0 Å². The van der Waals surface area contributed by atoms with Crippen molar-refractivity contribution in [3.8, 4) is 0 Å². The number of nitrogens with one attached hydrogen (secondary N) is 1. The van der Waals surface area contributed by atoms with Crippen LogP contribution in [0.25, 0.3) is 0 Å². The Morgan fingerprint density at radius 1 is 1.65 bits per heavy atom. The van der Waals surface area contributed by atoms with Crippen molar-refractivity contribution in [3.63, 3.8) is 0 Å². The van der Waals surface area contributed by atoms with Gasteiger partial charge in [0.2, 0.25) is 5.43 Å². The minimum absolute atomic E-state index is 0.107. The first-order valence-electron chi connectivity index (χ1n) is 5.31. The van der Waals surface area contributed by atoms with Crippen LogP contribution < -0.4 is 5.43 Å². The van der Waals surface area contributed by atoms with Crippen molar-refractivity contribution < 1.29 is 14.3 Å². The molecule has 1 fully saturated rings. The fourth-order valence-corrected chi connectivity index (χ4v) is 1.46. The summed E-state index contributed by atoms with van der Waals surface area (Å²) in [6.07, 6.45) is 0. The van der Waals surface area contributed by atoms with Crippen LogP contribution in [0.1, 0.15) is 18.3 Å². The van der Waals surface area contributed by atoms with E-state index in [2.05, 4.69) is 10.2 Å². The standard InChI is InChI=1S/C11H14N2O4/c1-7-3-9(14)8(13-12-7)4-17-10(15)11(2)5-16-6-11/h3H,4-6H2,1-2H3,(H,12,14). The van der Waals surface area contributed by atoms with Crippen LogP contribution in [-0.2, 0) is 20.9 Å². The Kier molecular flexibility index (Phi) is 2.97. The summed E-state index contributed by atoms with van der Waals surface area (Å²) >= 11 is 0. The molecule has 0 amide bonds. The zero-order chi connectivity index (χ0) is 12.5. The van der Waals surface area contributed by atoms with E-state index < -0.39 is 5.41 Å². The molecule has 0 radical (unpaired) electrons. The quantitative estimate of drug-likeness (QED) is 0.758. The summed E-state index contributed by atoms with van der Waals surface area (Å²) in [5, 5.41) is 6.49. The number of aromatic amines is 1. The van der Waals surface area contributed by atoms with Crippen LogP contribution in [0.4, 0.5) is 0 Å². The molecule has 6 heteroatoms. The molecule has 2 rings (SSSR count). The second-order valence-electron chi connectivity index (χ2n) is 4.49. The molecule has 0 atom stereocenters. The molecule has 17 heavy (non-hydrogen) atoms. The fourth-order valence-electron chi connectivity index (χ4n) is 1.46. The number of carbonyl (C=O) groups excluding carboxylic acids is 1. The first kappa shape index (κ1) is 11.8. The first-order valence-corrected chi connectivity index (χ1v) is 5.31. The van der Waals surface area contributed by atoms with Gasteiger partial charge in [0.25, 0.3) is 0 Å². The van der Waals surface area contributed by atoms with Crippen LogP contribution in [0.2, 0.25) is 0 Å². The Bertz CT molecular complexity index is 490. The van der Waals surface area contributed by atoms with Gasteiger partial charge in [-0.25, -0.2) is 0 Å². The average Bonchev–Trinajstić information content (AvgIpc) is 2.24. The first-order chi connectivity index (χ1) is 8.01. The molecule has 92 valence electrons. The highest BCUT2D eigenvalue weighted by Gasteiger charge is 2.42. The van der Waals surface area contributed by atoms with Gasteiger partial charge in [0.05, 0.1) is 13.2 Å². The highest BCUT2D eigenvalue weighted by Crippen LogP contribution is 2.28. The van der Waals surface area contributed by atoms with E-state index in [1.54, 1.807) is 13.8 Å². The van der Waals surface area contributed by atoms with Crippen LogP contribution in [0.3, 0.4) is 0 Å². The normalized spacial score (nSPS) is 17.3. The SMILES string of the molecule is Cc1cc(=O)c(COC(=O)C2(C)COC2)n[nH]1. The second-order valence-corrected chi connectivity index (χ2v) is 4.49. The minimum Gasteiger partial charge on any atom is -0.458 e. The van der Waals surface area contributed by atoms with E-state index >= 15 is 0 Å². The molecule has 0 unspecified atom stereocenters. The molecule has 1 aromatic rings. The number of aryl methyl sites for hydroxylation is 1. The van der Waals surface area contributed by atoms with Crippen LogP contribution in [0, 0.1) is 12.3 Å². The highest BCUT2D eigenvalue weighted by molar-refractivity contribution is 5.77. The molecule has 0 bridgehead atoms. The molecular weight excluding hydrogens is 224 g/mol. The smallest absolute Gasteiger partial charge is 0.316 e. The summed E-state index contributed by atoms with van der Waals surface area (Å²) in [4.78, 5) is 23.1. The van der Waals surface area contributed by atoms with E-state index in [4.69, 9.17) is 9.47 Å². The van der Waals surface area contributed by atoms with E-state index in [9.17, 15) is 9.59 Å². The van der Waals surface area contributed by atoms with Gasteiger partial charge in [-0.2, -0.15) is 5.10 Å². The monoisotopic (exact) mass is 238 g/mol. The largest absolute Gasteiger partial charge is 0.458 e. The van der Waals surface area contributed by atoms with Crippen molar-refractivity contribution in [1.29, 1.82) is 0 Å². The van der Waals surface area contributed by atoms with Gasteiger partial charge in [-0.3, -0.25) is 14.7 Å². The lowest BCUT2D eigenvalue weighted by Crippen LogP contribution is -2.47. The Labute approximate surface area is 97.9 Å². The highest BCUT2D eigenvalue weighted by atomic mass is 16.6. The van der Waals surface area contributed by atoms with E-state index in [0.717, 1.165) is 0 Å². The number of esters is 1. The number of ether oxygens (including phenoxy) is 2. The summed E-state index contributed by atoms with van der Waals surface area (Å²) < 4.78 is 10.0. The van der Waals surface area contributed by atoms with Gasteiger partial charge in [-0.1, -0.05) is 0 Å². The summed E-state index contributed by atoms with van der Waals surface area (Å²) in [7, 11) is 0. The van der Waals surface area contributed by atoms with Gasteiger partial charge in [0, 0.05) is 11.8 Å². The van der Waals surface area contributed by atoms with Crippen LogP contribution in [0.15, 0.2) is 10.9 Å². The molecule has 0 saturated carbocycles. The molecule has 2 heterocycles. The Morgan fingerprint density at radius 3 is 2.88 bits per heavy atom. The molecule has 1 saturated heterocycles. The number of H-pyrrole nitrogens is 1. The van der Waals surface area contributed by atoms with Crippen molar-refractivity contribution in [3.05, 3.63) is 27.7 Å². The lowest BCUT2D eigenvalue weighted by molar-refractivity contribution is -0.183. The average molecular weight is 238 g/mol. The maximum Gasteiger partial charge on any atom is 0.316 e. The molecular formula is C11H14N2O4. The number of aromatic nitrogens is 2. The maximum atomic E-state index is 11.7. The van der Waals surface area contributed by atoms with Crippen molar-refractivity contribution in [1.82, 2.24) is 10.2 Å². The third-order valence-electron chi connectivity index (χ3n) is 2.67. The Balaban J connectivity index is 1.98. The topological polar surface area (TPSA) is 81.3 Å². The van der Waals surface area contributed by atoms with Crippen LogP contribution in [-0.4, -0.2) is 29.4 Å². The number of carbonyl (C=O) groups is 1. The van der Waals surface area contributed by atoms with Gasteiger partial charge in [-0.15, -0.1) is 0 Å². The number of hydrogen-bond donors (Lipinski definition) is 1. The molecule has 1 N–H and O–H groups in total. The molecule has 0 aromatic carbocycles. The number of nitrogens with zero attached hydrogens (tertiary/aromatic N) is 1. The maximum absolute atomic E-state index is 11.7. The molecule has 1 aliphatic rings. The summed E-state index contributed by atoms with van der Waals surface area (Å²) in [5.41, 5.74) is 0.0681. The number of rotatable bonds is 3. The summed E-state index contributed by atoms with van der Waals surface area (Å²) in [6, 6.07) is 1.42. The van der Waals surface area contributed by atoms with E-state index in [-0.39, 0.29) is 23.7 Å². The number of hydrogen-bond acceptors (Lipinski definition) is 5. The zero-order valence-corrected chi connectivity index (χ0v) is 9.78. The van der Waals surface area contributed by atoms with Crippen LogP contribution >= 0.6 is 0 Å². The van der Waals surface area contributed by atoms with E-state index in [1.807, 2.05) is 0 Å². The van der Waals surface area contributed by atoms with Crippen molar-refractivity contribution in [2.45, 2.75) is 20.5 Å². The lowest BCUT2D eigenvalue weighted by atomic mass is 9.89. The van der Waals surface area contributed by atoms with Gasteiger partial charge >= 0.3 is 5.97 Å². The van der Waals surface area contributed by atoms with Crippen molar-refractivity contribution in [2.24, 2.45) is 5.41 Å². The van der Waals surface area contributed by atoms with Gasteiger partial charge < -0.3 is 9.47 Å². The Morgan fingerprint density at radius 2 is 2.35 bits per heavy atom. The summed E-state index contributed by atoms with van der Waals surface area (Å²) in [5.74, 6) is -0.356. The van der Waals surface area contributed by atoms with E-state index in [0.29, 0.717) is 18.9 Å². The Hall–Kier alpha value is -1.69. The zero-order valence-electron chi connectivity index (χ0n) is 9.78. The third-order valence-corrected chi connectivity index (χ3v) is 2.67. The van der Waals surface area contributed by atoms with E-state index in [1.165, 1.54) is 6.07 Å². The molecule has 6 nitrogen and oxygen atoms in total. The second kappa shape index (κ2) is 4.29. The third kappa shape index (κ3) is 2.36. The predicted molar refractivity (Wildman–Crippen MR) is 58.3 cm³/mol. The van der Waals surface area contributed by atoms with Crippen LogP contribution in [0.5, 0.6) is 0 Å². The molecule has 0 aliphatic carbocycles. The molecule has 0 spiro atoms. The lowest BCUT2D eigenvalue weighted by Gasteiger charge is -2.35. The minimum atomic E-state index is -0.572. The summed E-state index contributed by atoms with van der Waals surface area (Å²) in [6.45, 7) is 4.12. The van der Waals surface area contributed by atoms with Gasteiger partial charge in [-0.05, 0) is 13.8 Å². The van der Waals surface area contributed by atoms with Gasteiger partial charge in [0.1, 0.15) is 17.7 Å². The van der Waals surface area contributed by atoms with Crippen molar-refractivity contribution >= 4 is 5.97 Å². The fraction of sp³-hybridized carbons (Fsp3) is 0.545. The molecule has 1 aliphatic heterocycles. The predicted octanol–water partition coefficient (Wildman–Crippen LogP) is 0.158.